The van der Waals surface area contributed by atoms with Crippen molar-refractivity contribution in [2.45, 2.75) is 59.0 Å². The van der Waals surface area contributed by atoms with Gasteiger partial charge in [-0.25, -0.2) is 0 Å². The van der Waals surface area contributed by atoms with Gasteiger partial charge in [-0.15, -0.1) is 0 Å². The van der Waals surface area contributed by atoms with Gasteiger partial charge in [0.15, 0.2) is 0 Å². The van der Waals surface area contributed by atoms with Crippen molar-refractivity contribution < 1.29 is 9.90 Å². The van der Waals surface area contributed by atoms with Crippen molar-refractivity contribution in [3.63, 3.8) is 0 Å². The summed E-state index contributed by atoms with van der Waals surface area (Å²) < 4.78 is 0. The zero-order valence-electron chi connectivity index (χ0n) is 16.7. The van der Waals surface area contributed by atoms with Crippen LogP contribution in [0.3, 0.4) is 0 Å². The highest BCUT2D eigenvalue weighted by Gasteiger charge is 2.54. The average molecular weight is 366 g/mol. The lowest BCUT2D eigenvalue weighted by molar-refractivity contribution is -0.110. The molecule has 1 aromatic carbocycles. The lowest BCUT2D eigenvalue weighted by Gasteiger charge is -2.59. The molecule has 0 aromatic heterocycles. The van der Waals surface area contributed by atoms with Crippen LogP contribution in [0.1, 0.15) is 58.4 Å². The Morgan fingerprint density at radius 1 is 1.26 bits per heavy atom. The number of carbonyl (C=O) groups excluding carboxylic acids is 1. The highest BCUT2D eigenvalue weighted by atomic mass is 16.3. The number of para-hydroxylation sites is 1. The second kappa shape index (κ2) is 6.34. The van der Waals surface area contributed by atoms with Gasteiger partial charge in [-0.3, -0.25) is 4.79 Å². The molecule has 1 heterocycles. The lowest BCUT2D eigenvalue weighted by atomic mass is 9.46. The lowest BCUT2D eigenvalue weighted by Crippen LogP contribution is -2.52. The number of benzene rings is 1. The Balaban J connectivity index is 1.68. The van der Waals surface area contributed by atoms with E-state index in [1.54, 1.807) is 0 Å². The van der Waals surface area contributed by atoms with E-state index in [9.17, 15) is 9.90 Å². The summed E-state index contributed by atoms with van der Waals surface area (Å²) in [6.07, 6.45) is 6.83. The molecular formula is C24H31NO2. The monoisotopic (exact) mass is 365 g/mol. The summed E-state index contributed by atoms with van der Waals surface area (Å²) in [5.74, 6) is 0.662. The second-order valence-corrected chi connectivity index (χ2v) is 9.63. The summed E-state index contributed by atoms with van der Waals surface area (Å²) in [5, 5.41) is 13.7. The van der Waals surface area contributed by atoms with Crippen molar-refractivity contribution in [2.75, 3.05) is 5.32 Å². The molecule has 0 spiro atoms. The molecule has 144 valence electrons. The molecule has 0 saturated heterocycles. The van der Waals surface area contributed by atoms with Gasteiger partial charge in [0.2, 0.25) is 0 Å². The Morgan fingerprint density at radius 2 is 2.00 bits per heavy atom. The molecule has 0 unspecified atom stereocenters. The first kappa shape index (κ1) is 18.5. The molecule has 3 heteroatoms. The van der Waals surface area contributed by atoms with Crippen molar-refractivity contribution in [1.29, 1.82) is 0 Å². The predicted octanol–water partition coefficient (Wildman–Crippen LogP) is 5.18. The van der Waals surface area contributed by atoms with Crippen LogP contribution >= 0.6 is 0 Å². The number of carbonyl (C=O) groups is 1. The Bertz CT molecular complexity index is 821. The van der Waals surface area contributed by atoms with Crippen LogP contribution in [-0.4, -0.2) is 17.1 Å². The Kier molecular flexibility index (Phi) is 4.34. The molecule has 3 nitrogen and oxygen atoms in total. The van der Waals surface area contributed by atoms with E-state index in [2.05, 4.69) is 38.7 Å². The Morgan fingerprint density at radius 3 is 2.78 bits per heavy atom. The third-order valence-electron chi connectivity index (χ3n) is 7.67. The molecule has 2 aliphatic carbocycles. The highest BCUT2D eigenvalue weighted by molar-refractivity contribution is 6.31. The van der Waals surface area contributed by atoms with E-state index in [-0.39, 0.29) is 22.7 Å². The highest BCUT2D eigenvalue weighted by Crippen LogP contribution is 2.61. The van der Waals surface area contributed by atoms with Crippen LogP contribution in [0.2, 0.25) is 0 Å². The first-order chi connectivity index (χ1) is 12.7. The van der Waals surface area contributed by atoms with Crippen molar-refractivity contribution in [2.24, 2.45) is 22.7 Å². The number of aliphatic hydroxyl groups is 1. The maximum absolute atomic E-state index is 12.5. The molecule has 0 bridgehead atoms. The van der Waals surface area contributed by atoms with Crippen LogP contribution in [0, 0.1) is 22.7 Å². The number of amides is 1. The van der Waals surface area contributed by atoms with Gasteiger partial charge in [0.05, 0.1) is 6.10 Å². The standard InChI is InChI=1S/C24H31NO2/c1-15-18(11-10-17-16-8-5-6-9-19(16)25-22(17)27)24(4)13-7-12-23(2,3)21(24)14-20(15)26/h5-6,8-10,18,20-21,26H,1,7,11-14H2,2-4H3,(H,25,27)/b17-10-/t18-,20+,21-,24+/m0/s1. The minimum absolute atomic E-state index is 0.0242. The van der Waals surface area contributed by atoms with E-state index in [4.69, 9.17) is 0 Å². The first-order valence-electron chi connectivity index (χ1n) is 10.2. The molecule has 2 fully saturated rings. The zero-order valence-corrected chi connectivity index (χ0v) is 16.7. The van der Waals surface area contributed by atoms with Gasteiger partial charge in [-0.1, -0.05) is 58.0 Å². The van der Waals surface area contributed by atoms with Gasteiger partial charge in [-0.05, 0) is 60.0 Å². The summed E-state index contributed by atoms with van der Waals surface area (Å²) in [7, 11) is 0. The molecular weight excluding hydrogens is 334 g/mol. The molecule has 2 saturated carbocycles. The number of anilines is 1. The summed E-state index contributed by atoms with van der Waals surface area (Å²) in [5.41, 5.74) is 3.94. The van der Waals surface area contributed by atoms with Crippen LogP contribution in [0.25, 0.3) is 5.57 Å². The number of allylic oxidation sites excluding steroid dienone is 1. The van der Waals surface area contributed by atoms with E-state index < -0.39 is 6.10 Å². The SMILES string of the molecule is C=C1[C@H](O)C[C@H]2C(C)(C)CCC[C@]2(C)[C@H]1C/C=C1\C(=O)Nc2ccccc21. The number of rotatable bonds is 2. The first-order valence-corrected chi connectivity index (χ1v) is 10.2. The number of aliphatic hydroxyl groups excluding tert-OH is 1. The molecule has 2 N–H and O–H groups in total. The minimum Gasteiger partial charge on any atom is -0.389 e. The van der Waals surface area contributed by atoms with Crippen LogP contribution in [0.4, 0.5) is 5.69 Å². The van der Waals surface area contributed by atoms with Gasteiger partial charge >= 0.3 is 0 Å². The van der Waals surface area contributed by atoms with Crippen LogP contribution in [-0.2, 0) is 4.79 Å². The van der Waals surface area contributed by atoms with E-state index in [0.29, 0.717) is 5.92 Å². The summed E-state index contributed by atoms with van der Waals surface area (Å²) in [6.45, 7) is 11.4. The third-order valence-corrected chi connectivity index (χ3v) is 7.67. The van der Waals surface area contributed by atoms with E-state index in [1.807, 2.05) is 24.3 Å². The van der Waals surface area contributed by atoms with E-state index >= 15 is 0 Å². The molecule has 1 aromatic rings. The van der Waals surface area contributed by atoms with E-state index in [0.717, 1.165) is 35.2 Å². The zero-order chi connectivity index (χ0) is 19.4. The minimum atomic E-state index is -0.437. The number of hydrogen-bond donors (Lipinski definition) is 2. The fourth-order valence-electron chi connectivity index (χ4n) is 6.20. The molecule has 1 aliphatic heterocycles. The summed E-state index contributed by atoms with van der Waals surface area (Å²) in [6, 6.07) is 7.85. The fourth-order valence-corrected chi connectivity index (χ4v) is 6.20. The quantitative estimate of drug-likeness (QED) is 0.560. The fraction of sp³-hybridized carbons (Fsp3) is 0.542. The maximum atomic E-state index is 12.5. The van der Waals surface area contributed by atoms with Crippen LogP contribution < -0.4 is 5.32 Å². The van der Waals surface area contributed by atoms with Gasteiger partial charge in [-0.2, -0.15) is 0 Å². The normalized spacial score (nSPS) is 36.3. The summed E-state index contributed by atoms with van der Waals surface area (Å²) in [4.78, 5) is 12.5. The van der Waals surface area contributed by atoms with Gasteiger partial charge in [0, 0.05) is 16.8 Å². The molecule has 27 heavy (non-hydrogen) atoms. The van der Waals surface area contributed by atoms with Gasteiger partial charge < -0.3 is 10.4 Å². The molecule has 0 radical (unpaired) electrons. The molecule has 3 aliphatic rings. The molecule has 1 amide bonds. The molecule has 4 rings (SSSR count). The van der Waals surface area contributed by atoms with Crippen LogP contribution in [0.5, 0.6) is 0 Å². The number of fused-ring (bicyclic) bond motifs is 2. The third kappa shape index (κ3) is 2.87. The second-order valence-electron chi connectivity index (χ2n) is 9.63. The summed E-state index contributed by atoms with van der Waals surface area (Å²) >= 11 is 0. The smallest absolute Gasteiger partial charge is 0.256 e. The van der Waals surface area contributed by atoms with Gasteiger partial charge in [0.1, 0.15) is 0 Å². The van der Waals surface area contributed by atoms with E-state index in [1.165, 1.54) is 19.3 Å². The van der Waals surface area contributed by atoms with Crippen molar-refractivity contribution in [3.8, 4) is 0 Å². The Hall–Kier alpha value is -1.87. The van der Waals surface area contributed by atoms with Crippen LogP contribution in [0.15, 0.2) is 42.5 Å². The predicted molar refractivity (Wildman–Crippen MR) is 110 cm³/mol. The van der Waals surface area contributed by atoms with Crippen molar-refractivity contribution in [1.82, 2.24) is 0 Å². The largest absolute Gasteiger partial charge is 0.389 e. The van der Waals surface area contributed by atoms with Gasteiger partial charge in [0.25, 0.3) is 5.91 Å². The number of nitrogens with one attached hydrogen (secondary N) is 1. The molecule has 4 atom stereocenters. The number of hydrogen-bond acceptors (Lipinski definition) is 2. The maximum Gasteiger partial charge on any atom is 0.256 e. The van der Waals surface area contributed by atoms with Crippen molar-refractivity contribution in [3.05, 3.63) is 48.1 Å². The van der Waals surface area contributed by atoms with Crippen molar-refractivity contribution >= 4 is 17.2 Å². The Labute approximate surface area is 162 Å². The average Bonchev–Trinajstić information content (AvgIpc) is 2.92. The topological polar surface area (TPSA) is 49.3 Å².